The van der Waals surface area contributed by atoms with E-state index >= 15 is 0 Å². The Morgan fingerprint density at radius 1 is 0.923 bits per heavy atom. The molecule has 0 spiro atoms. The van der Waals surface area contributed by atoms with Crippen molar-refractivity contribution in [3.05, 3.63) is 45.8 Å². The first-order valence-electron chi connectivity index (χ1n) is 4.29. The van der Waals surface area contributed by atoms with Gasteiger partial charge < -0.3 is 0 Å². The smallest absolute Gasteiger partial charge is 0.0125 e. The maximum absolute atomic E-state index is 4.45. The zero-order chi connectivity index (χ0) is 8.84. The Morgan fingerprint density at radius 2 is 1.77 bits per heavy atom. The van der Waals surface area contributed by atoms with Gasteiger partial charge in [-0.25, -0.2) is 0 Å². The highest BCUT2D eigenvalue weighted by atomic mass is 32.1. The molecule has 0 saturated carbocycles. The van der Waals surface area contributed by atoms with Gasteiger partial charge in [-0.1, -0.05) is 36.4 Å². The quantitative estimate of drug-likeness (QED) is 0.581. The molecule has 62 valence electrons. The number of fused-ring (bicyclic) bond motifs is 3. The molecule has 1 heteroatoms. The van der Waals surface area contributed by atoms with Crippen molar-refractivity contribution in [2.75, 3.05) is 0 Å². The maximum Gasteiger partial charge on any atom is 0.0125 e. The SMILES string of the molecule is SC1=c2c(ccc3c2=CC=C3)C=C1. The summed E-state index contributed by atoms with van der Waals surface area (Å²) in [5, 5.41) is 2.60. The van der Waals surface area contributed by atoms with E-state index in [0.29, 0.717) is 0 Å². The number of thiol groups is 1. The van der Waals surface area contributed by atoms with Crippen LogP contribution >= 0.6 is 12.6 Å². The molecule has 2 aliphatic rings. The molecule has 0 radical (unpaired) electrons. The van der Waals surface area contributed by atoms with E-state index < -0.39 is 0 Å². The van der Waals surface area contributed by atoms with Crippen LogP contribution < -0.4 is 10.4 Å². The lowest BCUT2D eigenvalue weighted by molar-refractivity contribution is 1.49. The van der Waals surface area contributed by atoms with E-state index in [2.05, 4.69) is 55.1 Å². The van der Waals surface area contributed by atoms with Crippen molar-refractivity contribution in [3.8, 4) is 0 Å². The van der Waals surface area contributed by atoms with Gasteiger partial charge in [-0.3, -0.25) is 0 Å². The highest BCUT2D eigenvalue weighted by molar-refractivity contribution is 7.90. The Labute approximate surface area is 82.0 Å². The molecule has 2 aliphatic carbocycles. The number of benzene rings is 1. The van der Waals surface area contributed by atoms with E-state index in [4.69, 9.17) is 0 Å². The van der Waals surface area contributed by atoms with Crippen LogP contribution in [-0.2, 0) is 0 Å². The summed E-state index contributed by atoms with van der Waals surface area (Å²) in [5.41, 5.74) is 2.58. The number of hydrogen-bond acceptors (Lipinski definition) is 1. The number of rotatable bonds is 0. The molecule has 0 nitrogen and oxygen atoms in total. The zero-order valence-electron chi connectivity index (χ0n) is 6.99. The van der Waals surface area contributed by atoms with Gasteiger partial charge in [-0.15, -0.1) is 12.6 Å². The summed E-state index contributed by atoms with van der Waals surface area (Å²) < 4.78 is 0. The molecule has 0 aliphatic heterocycles. The zero-order valence-corrected chi connectivity index (χ0v) is 7.88. The molecule has 0 saturated heterocycles. The van der Waals surface area contributed by atoms with Crippen LogP contribution in [0, 0.1) is 0 Å². The van der Waals surface area contributed by atoms with E-state index in [1.807, 2.05) is 0 Å². The third-order valence-corrected chi connectivity index (χ3v) is 2.90. The van der Waals surface area contributed by atoms with Gasteiger partial charge in [0.25, 0.3) is 0 Å². The van der Waals surface area contributed by atoms with Gasteiger partial charge >= 0.3 is 0 Å². The van der Waals surface area contributed by atoms with E-state index in [9.17, 15) is 0 Å². The average Bonchev–Trinajstić information content (AvgIpc) is 2.70. The van der Waals surface area contributed by atoms with Gasteiger partial charge in [0.2, 0.25) is 0 Å². The Kier molecular flexibility index (Phi) is 1.33. The third kappa shape index (κ3) is 0.879. The molecular weight excluding hydrogens is 176 g/mol. The maximum atomic E-state index is 4.45. The summed E-state index contributed by atoms with van der Waals surface area (Å²) in [7, 11) is 0. The van der Waals surface area contributed by atoms with E-state index in [0.717, 1.165) is 4.91 Å². The highest BCUT2D eigenvalue weighted by Crippen LogP contribution is 2.13. The van der Waals surface area contributed by atoms with E-state index in [1.54, 1.807) is 0 Å². The summed E-state index contributed by atoms with van der Waals surface area (Å²) in [6, 6.07) is 4.31. The Hall–Kier alpha value is -1.21. The fourth-order valence-corrected chi connectivity index (χ4v) is 2.23. The molecule has 0 fully saturated rings. The summed E-state index contributed by atoms with van der Waals surface area (Å²) >= 11 is 4.45. The predicted octanol–water partition coefficient (Wildman–Crippen LogP) is 1.56. The minimum Gasteiger partial charge on any atom is -0.143 e. The fraction of sp³-hybridized carbons (Fsp3) is 0. The van der Waals surface area contributed by atoms with Crippen LogP contribution in [0.15, 0.2) is 24.3 Å². The minimum absolute atomic E-state index is 1.08. The molecule has 0 heterocycles. The van der Waals surface area contributed by atoms with Crippen LogP contribution in [0.5, 0.6) is 0 Å². The number of hydrogen-bond donors (Lipinski definition) is 1. The predicted molar refractivity (Wildman–Crippen MR) is 60.6 cm³/mol. The van der Waals surface area contributed by atoms with Gasteiger partial charge in [-0.2, -0.15) is 0 Å². The second kappa shape index (κ2) is 2.39. The topological polar surface area (TPSA) is 0 Å². The van der Waals surface area contributed by atoms with Gasteiger partial charge in [0.15, 0.2) is 0 Å². The molecule has 0 atom stereocenters. The van der Waals surface area contributed by atoms with E-state index in [-0.39, 0.29) is 0 Å². The van der Waals surface area contributed by atoms with Crippen LogP contribution in [0.3, 0.4) is 0 Å². The lowest BCUT2D eigenvalue weighted by Crippen LogP contribution is -2.28. The molecule has 0 bridgehead atoms. The van der Waals surface area contributed by atoms with Crippen LogP contribution in [0.1, 0.15) is 11.1 Å². The van der Waals surface area contributed by atoms with Gasteiger partial charge in [0.05, 0.1) is 0 Å². The van der Waals surface area contributed by atoms with Crippen molar-refractivity contribution in [1.82, 2.24) is 0 Å². The molecule has 1 aromatic rings. The molecule has 0 N–H and O–H groups in total. The van der Waals surface area contributed by atoms with Crippen LogP contribution in [0.2, 0.25) is 0 Å². The lowest BCUT2D eigenvalue weighted by Gasteiger charge is -1.96. The van der Waals surface area contributed by atoms with Crippen LogP contribution in [0.25, 0.3) is 23.1 Å². The standard InChI is InChI=1S/C12H8S/c13-11-7-6-9-5-4-8-2-1-3-10(8)12(9)11/h1-7,13H. The van der Waals surface area contributed by atoms with Crippen molar-refractivity contribution in [3.63, 3.8) is 0 Å². The van der Waals surface area contributed by atoms with Crippen molar-refractivity contribution in [2.24, 2.45) is 0 Å². The second-order valence-electron chi connectivity index (χ2n) is 3.28. The summed E-state index contributed by atoms with van der Waals surface area (Å²) in [4.78, 5) is 1.08. The molecule has 0 amide bonds. The van der Waals surface area contributed by atoms with Crippen molar-refractivity contribution >= 4 is 35.8 Å². The Balaban J connectivity index is 2.61. The second-order valence-corrected chi connectivity index (χ2v) is 3.76. The molecule has 0 unspecified atom stereocenters. The highest BCUT2D eigenvalue weighted by Gasteiger charge is 2.07. The summed E-state index contributed by atoms with van der Waals surface area (Å²) in [6.07, 6.45) is 10.5. The molecular formula is C12H8S. The first kappa shape index (κ1) is 7.22. The molecule has 1 aromatic carbocycles. The van der Waals surface area contributed by atoms with E-state index in [1.165, 1.54) is 21.6 Å². The lowest BCUT2D eigenvalue weighted by atomic mass is 10.1. The minimum atomic E-state index is 1.08. The first-order valence-corrected chi connectivity index (χ1v) is 4.74. The largest absolute Gasteiger partial charge is 0.143 e. The normalized spacial score (nSPS) is 15.9. The van der Waals surface area contributed by atoms with Gasteiger partial charge in [0, 0.05) is 10.1 Å². The molecule has 0 aromatic heterocycles. The monoisotopic (exact) mass is 184 g/mol. The first-order chi connectivity index (χ1) is 6.36. The third-order valence-electron chi connectivity index (χ3n) is 2.53. The van der Waals surface area contributed by atoms with Crippen molar-refractivity contribution in [1.29, 1.82) is 0 Å². The molecule has 3 rings (SSSR count). The Bertz CT molecular complexity index is 560. The average molecular weight is 184 g/mol. The van der Waals surface area contributed by atoms with Gasteiger partial charge in [-0.05, 0) is 22.4 Å². The summed E-state index contributed by atoms with van der Waals surface area (Å²) in [5.74, 6) is 0. The van der Waals surface area contributed by atoms with Crippen LogP contribution in [-0.4, -0.2) is 0 Å². The van der Waals surface area contributed by atoms with Gasteiger partial charge in [0.1, 0.15) is 0 Å². The molecule has 13 heavy (non-hydrogen) atoms. The number of allylic oxidation sites excluding steroid dienone is 1. The van der Waals surface area contributed by atoms with Crippen molar-refractivity contribution in [2.45, 2.75) is 0 Å². The Morgan fingerprint density at radius 3 is 2.69 bits per heavy atom. The van der Waals surface area contributed by atoms with Crippen molar-refractivity contribution < 1.29 is 0 Å². The summed E-state index contributed by atoms with van der Waals surface area (Å²) in [6.45, 7) is 0. The van der Waals surface area contributed by atoms with Crippen LogP contribution in [0.4, 0.5) is 0 Å². The fourth-order valence-electron chi connectivity index (χ4n) is 1.90.